The van der Waals surface area contributed by atoms with E-state index in [1.54, 1.807) is 0 Å². The first-order valence-electron chi connectivity index (χ1n) is 8.05. The smallest absolute Gasteiger partial charge is 0.307 e. The summed E-state index contributed by atoms with van der Waals surface area (Å²) in [6, 6.07) is 9.71. The molecule has 0 spiro atoms. The molecule has 0 saturated heterocycles. The van der Waals surface area contributed by atoms with Crippen LogP contribution in [0, 0.1) is 5.82 Å². The van der Waals surface area contributed by atoms with Crippen LogP contribution in [0.2, 0.25) is 0 Å². The fourth-order valence-corrected chi connectivity index (χ4v) is 3.19. The number of halogens is 1. The number of nitrogens with one attached hydrogen (secondary N) is 2. The first-order valence-corrected chi connectivity index (χ1v) is 9.53. The molecule has 0 aliphatic heterocycles. The molecule has 2 aromatic carbocycles. The average molecular weight is 410 g/mol. The number of carbonyl (C=O) groups is 2. The van der Waals surface area contributed by atoms with Crippen molar-refractivity contribution in [2.24, 2.45) is 0 Å². The number of methoxy groups -OCH3 is 1. The van der Waals surface area contributed by atoms with Gasteiger partial charge in [0.2, 0.25) is 0 Å². The van der Waals surface area contributed by atoms with E-state index in [1.807, 2.05) is 4.89 Å². The van der Waals surface area contributed by atoms with E-state index in [4.69, 9.17) is 0 Å². The van der Waals surface area contributed by atoms with E-state index in [9.17, 15) is 22.4 Å². The van der Waals surface area contributed by atoms with Crippen molar-refractivity contribution in [3.05, 3.63) is 65.5 Å². The second kappa shape index (κ2) is 9.40. The van der Waals surface area contributed by atoms with Gasteiger partial charge >= 0.3 is 5.97 Å². The molecule has 8 nitrogen and oxygen atoms in total. The molecule has 0 aliphatic rings. The van der Waals surface area contributed by atoms with E-state index in [2.05, 4.69) is 14.9 Å². The minimum Gasteiger partial charge on any atom is -0.469 e. The number of ether oxygens (including phenoxy) is 1. The van der Waals surface area contributed by atoms with Gasteiger partial charge in [-0.15, -0.1) is 0 Å². The molecule has 1 amide bonds. The number of carbonyl (C=O) groups excluding carboxylic acids is 2. The van der Waals surface area contributed by atoms with E-state index in [0.717, 1.165) is 7.11 Å². The normalized spacial score (nSPS) is 12.2. The summed E-state index contributed by atoms with van der Waals surface area (Å²) in [5.74, 6) is -1.54. The largest absolute Gasteiger partial charge is 0.469 e. The lowest BCUT2D eigenvalue weighted by molar-refractivity contribution is -0.141. The van der Waals surface area contributed by atoms with Crippen LogP contribution in [0.15, 0.2) is 53.4 Å². The SMILES string of the molecule is CONS(=O)(=O)c1ccc(C(=O)NC(CC(=O)OC)c2ccc(F)cc2)cc1. The third-order valence-corrected chi connectivity index (χ3v) is 5.07. The summed E-state index contributed by atoms with van der Waals surface area (Å²) >= 11 is 0. The fraction of sp³-hybridized carbons (Fsp3) is 0.222. The highest BCUT2D eigenvalue weighted by Gasteiger charge is 2.21. The Hall–Kier alpha value is -2.82. The Bertz CT molecular complexity index is 930. The van der Waals surface area contributed by atoms with Crippen molar-refractivity contribution in [3.8, 4) is 0 Å². The number of hydrogen-bond acceptors (Lipinski definition) is 6. The summed E-state index contributed by atoms with van der Waals surface area (Å²) in [7, 11) is -1.46. The second-order valence-electron chi connectivity index (χ2n) is 5.67. The van der Waals surface area contributed by atoms with Gasteiger partial charge in [-0.05, 0) is 42.0 Å². The van der Waals surface area contributed by atoms with Gasteiger partial charge in [0.25, 0.3) is 15.9 Å². The monoisotopic (exact) mass is 410 g/mol. The van der Waals surface area contributed by atoms with Crippen molar-refractivity contribution >= 4 is 21.9 Å². The number of amides is 1. The Kier molecular flexibility index (Phi) is 7.21. The fourth-order valence-electron chi connectivity index (χ4n) is 2.38. The zero-order chi connectivity index (χ0) is 20.7. The number of esters is 1. The molecule has 0 aliphatic carbocycles. The lowest BCUT2D eigenvalue weighted by Gasteiger charge is -2.18. The van der Waals surface area contributed by atoms with E-state index >= 15 is 0 Å². The van der Waals surface area contributed by atoms with Crippen LogP contribution >= 0.6 is 0 Å². The van der Waals surface area contributed by atoms with Gasteiger partial charge in [0.1, 0.15) is 5.82 Å². The zero-order valence-corrected chi connectivity index (χ0v) is 16.0. The topological polar surface area (TPSA) is 111 Å². The number of rotatable bonds is 8. The molecule has 2 aromatic rings. The average Bonchev–Trinajstić information content (AvgIpc) is 2.68. The molecule has 0 fully saturated rings. The van der Waals surface area contributed by atoms with Gasteiger partial charge in [0, 0.05) is 5.56 Å². The first-order chi connectivity index (χ1) is 13.3. The highest BCUT2D eigenvalue weighted by atomic mass is 32.2. The summed E-state index contributed by atoms with van der Waals surface area (Å²) in [6.07, 6.45) is -0.155. The number of sulfonamides is 1. The molecule has 2 rings (SSSR count). The van der Waals surface area contributed by atoms with Gasteiger partial charge in [0.15, 0.2) is 0 Å². The maximum atomic E-state index is 13.2. The van der Waals surface area contributed by atoms with Crippen LogP contribution in [0.25, 0.3) is 0 Å². The Morgan fingerprint density at radius 3 is 2.18 bits per heavy atom. The Labute approximate surface area is 161 Å². The predicted octanol–water partition coefficient (Wildman–Crippen LogP) is 1.70. The van der Waals surface area contributed by atoms with Gasteiger partial charge in [-0.25, -0.2) is 12.8 Å². The van der Waals surface area contributed by atoms with Crippen molar-refractivity contribution in [1.29, 1.82) is 0 Å². The lowest BCUT2D eigenvalue weighted by atomic mass is 10.0. The van der Waals surface area contributed by atoms with E-state index < -0.39 is 33.8 Å². The Balaban J connectivity index is 2.20. The molecule has 28 heavy (non-hydrogen) atoms. The molecule has 0 bridgehead atoms. The minimum atomic E-state index is -3.84. The standard InChI is InChI=1S/C18H19FN2O6S/c1-26-17(22)11-16(12-3-7-14(19)8-4-12)20-18(23)13-5-9-15(10-6-13)28(24,25)21-27-2/h3-10,16,21H,11H2,1-2H3,(H,20,23). The highest BCUT2D eigenvalue weighted by molar-refractivity contribution is 7.89. The van der Waals surface area contributed by atoms with E-state index in [-0.39, 0.29) is 16.9 Å². The van der Waals surface area contributed by atoms with E-state index in [1.165, 1.54) is 55.6 Å². The van der Waals surface area contributed by atoms with Crippen LogP contribution in [-0.4, -0.2) is 34.5 Å². The van der Waals surface area contributed by atoms with Gasteiger partial charge in [-0.1, -0.05) is 17.0 Å². The van der Waals surface area contributed by atoms with Gasteiger partial charge in [0.05, 0.1) is 31.6 Å². The Morgan fingerprint density at radius 2 is 1.64 bits per heavy atom. The van der Waals surface area contributed by atoms with Crippen LogP contribution in [0.4, 0.5) is 4.39 Å². The van der Waals surface area contributed by atoms with Crippen LogP contribution in [-0.2, 0) is 24.4 Å². The van der Waals surface area contributed by atoms with Crippen molar-refractivity contribution in [1.82, 2.24) is 10.2 Å². The molecular weight excluding hydrogens is 391 g/mol. The molecule has 1 atom stereocenters. The number of hydrogen-bond donors (Lipinski definition) is 2. The predicted molar refractivity (Wildman–Crippen MR) is 97.0 cm³/mol. The molecule has 1 unspecified atom stereocenters. The van der Waals surface area contributed by atoms with Crippen LogP contribution in [0.3, 0.4) is 0 Å². The maximum absolute atomic E-state index is 13.2. The van der Waals surface area contributed by atoms with Crippen LogP contribution in [0.1, 0.15) is 28.4 Å². The first kappa shape index (κ1) is 21.5. The second-order valence-corrected chi connectivity index (χ2v) is 7.32. The molecule has 0 heterocycles. The van der Waals surface area contributed by atoms with Crippen molar-refractivity contribution in [2.75, 3.05) is 14.2 Å². The Morgan fingerprint density at radius 1 is 1.04 bits per heavy atom. The third-order valence-electron chi connectivity index (χ3n) is 3.80. The maximum Gasteiger partial charge on any atom is 0.307 e. The molecule has 2 N–H and O–H groups in total. The molecular formula is C18H19FN2O6S. The van der Waals surface area contributed by atoms with Crippen molar-refractivity contribution < 1.29 is 32.0 Å². The van der Waals surface area contributed by atoms with Crippen LogP contribution in [0.5, 0.6) is 0 Å². The number of benzene rings is 2. The van der Waals surface area contributed by atoms with Gasteiger partial charge < -0.3 is 10.1 Å². The van der Waals surface area contributed by atoms with Crippen molar-refractivity contribution in [3.63, 3.8) is 0 Å². The molecule has 0 radical (unpaired) electrons. The molecule has 0 saturated carbocycles. The summed E-state index contributed by atoms with van der Waals surface area (Å²) in [4.78, 5) is 30.4. The molecule has 0 aromatic heterocycles. The summed E-state index contributed by atoms with van der Waals surface area (Å²) in [5, 5.41) is 2.67. The molecule has 150 valence electrons. The summed E-state index contributed by atoms with van der Waals surface area (Å²) < 4.78 is 41.5. The van der Waals surface area contributed by atoms with Crippen molar-refractivity contribution in [2.45, 2.75) is 17.4 Å². The minimum absolute atomic E-state index is 0.0875. The highest BCUT2D eigenvalue weighted by Crippen LogP contribution is 2.19. The zero-order valence-electron chi connectivity index (χ0n) is 15.1. The summed E-state index contributed by atoms with van der Waals surface area (Å²) in [6.45, 7) is 0. The van der Waals surface area contributed by atoms with Gasteiger partial charge in [-0.3, -0.25) is 14.4 Å². The van der Waals surface area contributed by atoms with E-state index in [0.29, 0.717) is 5.56 Å². The van der Waals surface area contributed by atoms with Gasteiger partial charge in [-0.2, -0.15) is 0 Å². The summed E-state index contributed by atoms with van der Waals surface area (Å²) in [5.41, 5.74) is 0.692. The quantitative estimate of drug-likeness (QED) is 0.506. The van der Waals surface area contributed by atoms with Crippen LogP contribution < -0.4 is 10.2 Å². The third kappa shape index (κ3) is 5.59. The lowest BCUT2D eigenvalue weighted by Crippen LogP contribution is -2.30. The molecule has 10 heteroatoms.